The third-order valence-electron chi connectivity index (χ3n) is 8.15. The average Bonchev–Trinajstić information content (AvgIpc) is 3.63. The van der Waals surface area contributed by atoms with Gasteiger partial charge in [-0.2, -0.15) is 18.4 Å². The van der Waals surface area contributed by atoms with Crippen molar-refractivity contribution >= 4 is 33.3 Å². The van der Waals surface area contributed by atoms with Crippen molar-refractivity contribution in [2.75, 3.05) is 31.2 Å². The van der Waals surface area contributed by atoms with Crippen LogP contribution >= 0.6 is 0 Å². The van der Waals surface area contributed by atoms with Crippen LogP contribution in [0.4, 0.5) is 18.9 Å². The summed E-state index contributed by atoms with van der Waals surface area (Å²) in [6.07, 6.45) is -3.36. The van der Waals surface area contributed by atoms with E-state index in [9.17, 15) is 23.2 Å². The fourth-order valence-electron chi connectivity index (χ4n) is 5.83. The van der Waals surface area contributed by atoms with E-state index in [4.69, 9.17) is 13.9 Å². The van der Waals surface area contributed by atoms with E-state index >= 15 is 0 Å². The maximum absolute atomic E-state index is 14.0. The normalized spacial score (nSPS) is 18.1. The molecule has 0 N–H and O–H groups in total. The Hall–Kier alpha value is -4.30. The molecule has 2 aromatic carbocycles. The molecule has 0 aliphatic carbocycles. The van der Waals surface area contributed by atoms with Gasteiger partial charge in [0.2, 0.25) is 0 Å². The number of allylic oxidation sites excluding steroid dienone is 1. The van der Waals surface area contributed by atoms with Crippen molar-refractivity contribution in [2.45, 2.75) is 44.4 Å². The molecule has 2 aliphatic heterocycles. The third kappa shape index (κ3) is 4.90. The standard InChI is InChI=1S/C31H29F3N4O4/c1-17-4-5-26-24(12-17)36-29(42-26)19-6-9-38(10-7-19)28-22-13-21(18(2)31(32,33)34)27(41-20-8-11-40-16-20)14-25(22)37(3)30(39)23(28)15-35/h4-5,12-14,19-20H,2,6-11,16H2,1,3H3. The van der Waals surface area contributed by atoms with Gasteiger partial charge in [0.1, 0.15) is 29.0 Å². The molecule has 0 saturated carbocycles. The van der Waals surface area contributed by atoms with E-state index in [0.717, 1.165) is 11.1 Å². The molecule has 8 nitrogen and oxygen atoms in total. The quantitative estimate of drug-likeness (QED) is 0.287. The first-order valence-electron chi connectivity index (χ1n) is 13.8. The van der Waals surface area contributed by atoms with Crippen molar-refractivity contribution in [2.24, 2.45) is 7.05 Å². The fourth-order valence-corrected chi connectivity index (χ4v) is 5.83. The molecule has 4 aromatic rings. The number of halogens is 3. The minimum atomic E-state index is -4.71. The van der Waals surface area contributed by atoms with E-state index in [0.29, 0.717) is 67.0 Å². The lowest BCUT2D eigenvalue weighted by Gasteiger charge is -2.34. The fraction of sp³-hybridized carbons (Fsp3) is 0.387. The number of nitriles is 1. The molecule has 218 valence electrons. The first-order chi connectivity index (χ1) is 20.0. The van der Waals surface area contributed by atoms with Crippen molar-refractivity contribution in [1.29, 1.82) is 5.26 Å². The van der Waals surface area contributed by atoms with Gasteiger partial charge in [-0.05, 0) is 43.5 Å². The summed E-state index contributed by atoms with van der Waals surface area (Å²) >= 11 is 0. The Morgan fingerprint density at radius 3 is 2.62 bits per heavy atom. The summed E-state index contributed by atoms with van der Waals surface area (Å²) in [5, 5.41) is 10.4. The number of aromatic nitrogens is 2. The minimum Gasteiger partial charge on any atom is -0.487 e. The highest BCUT2D eigenvalue weighted by atomic mass is 19.4. The molecule has 42 heavy (non-hydrogen) atoms. The Labute approximate surface area is 239 Å². The Kier molecular flexibility index (Phi) is 6.97. The number of oxazole rings is 1. The zero-order chi connectivity index (χ0) is 29.8. The van der Waals surface area contributed by atoms with Gasteiger partial charge < -0.3 is 23.4 Å². The lowest BCUT2D eigenvalue weighted by Crippen LogP contribution is -2.36. The number of aryl methyl sites for hydroxylation is 2. The van der Waals surface area contributed by atoms with E-state index in [2.05, 4.69) is 11.6 Å². The summed E-state index contributed by atoms with van der Waals surface area (Å²) in [6, 6.07) is 10.6. The van der Waals surface area contributed by atoms with Gasteiger partial charge >= 0.3 is 6.18 Å². The van der Waals surface area contributed by atoms with Gasteiger partial charge in [-0.1, -0.05) is 12.6 Å². The molecule has 2 aromatic heterocycles. The average molecular weight is 579 g/mol. The summed E-state index contributed by atoms with van der Waals surface area (Å²) in [4.78, 5) is 19.9. The SMILES string of the molecule is C=C(c1cc2c(N3CCC(c4nc5cc(C)ccc5o4)CC3)c(C#N)c(=O)n(C)c2cc1OC1CCOC1)C(F)(F)F. The van der Waals surface area contributed by atoms with Crippen LogP contribution < -0.4 is 15.2 Å². The van der Waals surface area contributed by atoms with Crippen LogP contribution in [-0.4, -0.2) is 48.1 Å². The predicted molar refractivity (Wildman–Crippen MR) is 152 cm³/mol. The molecule has 4 heterocycles. The zero-order valence-electron chi connectivity index (χ0n) is 23.3. The number of nitrogens with zero attached hydrogens (tertiary/aromatic N) is 4. The zero-order valence-corrected chi connectivity index (χ0v) is 23.3. The molecule has 0 spiro atoms. The maximum atomic E-state index is 14.0. The van der Waals surface area contributed by atoms with Gasteiger partial charge in [-0.3, -0.25) is 4.79 Å². The minimum absolute atomic E-state index is 0.0199. The van der Waals surface area contributed by atoms with E-state index in [1.165, 1.54) is 23.7 Å². The van der Waals surface area contributed by atoms with Crippen molar-refractivity contribution < 1.29 is 27.1 Å². The lowest BCUT2D eigenvalue weighted by molar-refractivity contribution is -0.0688. The van der Waals surface area contributed by atoms with E-state index < -0.39 is 23.4 Å². The summed E-state index contributed by atoms with van der Waals surface area (Å²) in [6.45, 7) is 6.92. The summed E-state index contributed by atoms with van der Waals surface area (Å²) in [7, 11) is 1.50. The second-order valence-corrected chi connectivity index (χ2v) is 10.9. The third-order valence-corrected chi connectivity index (χ3v) is 8.15. The molecular formula is C31H29F3N4O4. The highest BCUT2D eigenvalue weighted by Gasteiger charge is 2.36. The number of anilines is 1. The van der Waals surface area contributed by atoms with Gasteiger partial charge in [0.05, 0.1) is 30.0 Å². The molecule has 2 fully saturated rings. The van der Waals surface area contributed by atoms with Gasteiger partial charge in [-0.15, -0.1) is 0 Å². The molecule has 0 amide bonds. The molecule has 2 saturated heterocycles. The van der Waals surface area contributed by atoms with Crippen molar-refractivity contribution in [1.82, 2.24) is 9.55 Å². The van der Waals surface area contributed by atoms with Gasteiger partial charge in [0.25, 0.3) is 5.56 Å². The molecule has 0 bridgehead atoms. The lowest BCUT2D eigenvalue weighted by atomic mass is 9.94. The van der Waals surface area contributed by atoms with Crippen LogP contribution in [0.3, 0.4) is 0 Å². The van der Waals surface area contributed by atoms with Crippen LogP contribution in [0.25, 0.3) is 27.6 Å². The number of alkyl halides is 3. The largest absolute Gasteiger partial charge is 0.487 e. The number of pyridine rings is 1. The van der Waals surface area contributed by atoms with Gasteiger partial charge in [-0.25, -0.2) is 4.98 Å². The van der Waals surface area contributed by atoms with Crippen molar-refractivity contribution in [3.63, 3.8) is 0 Å². The Morgan fingerprint density at radius 1 is 1.19 bits per heavy atom. The van der Waals surface area contributed by atoms with E-state index in [1.54, 1.807) is 0 Å². The number of fused-ring (bicyclic) bond motifs is 2. The second-order valence-electron chi connectivity index (χ2n) is 10.9. The predicted octanol–water partition coefficient (Wildman–Crippen LogP) is 5.99. The Morgan fingerprint density at radius 2 is 1.95 bits per heavy atom. The first kappa shape index (κ1) is 27.8. The molecule has 1 atom stereocenters. The van der Waals surface area contributed by atoms with Gasteiger partial charge in [0, 0.05) is 49.5 Å². The van der Waals surface area contributed by atoms with Crippen LogP contribution in [0.5, 0.6) is 5.75 Å². The molecule has 2 aliphatic rings. The Bertz CT molecular complexity index is 1800. The summed E-state index contributed by atoms with van der Waals surface area (Å²) in [5.41, 5.74) is 1.29. The highest BCUT2D eigenvalue weighted by molar-refractivity contribution is 5.98. The molecule has 11 heteroatoms. The number of ether oxygens (including phenoxy) is 2. The smallest absolute Gasteiger partial charge is 0.416 e. The number of hydrogen-bond donors (Lipinski definition) is 0. The van der Waals surface area contributed by atoms with Crippen molar-refractivity contribution in [3.8, 4) is 11.8 Å². The molecule has 1 unspecified atom stereocenters. The second kappa shape index (κ2) is 10.5. The van der Waals surface area contributed by atoms with E-state index in [-0.39, 0.29) is 29.4 Å². The topological polar surface area (TPSA) is 93.5 Å². The first-order valence-corrected chi connectivity index (χ1v) is 13.8. The van der Waals surface area contributed by atoms with Crippen LogP contribution in [0.2, 0.25) is 0 Å². The number of hydrogen-bond acceptors (Lipinski definition) is 7. The van der Waals surface area contributed by atoms with Crippen LogP contribution in [0.1, 0.15) is 47.8 Å². The number of benzene rings is 2. The van der Waals surface area contributed by atoms with Crippen LogP contribution in [-0.2, 0) is 11.8 Å². The molecule has 6 rings (SSSR count). The van der Waals surface area contributed by atoms with E-state index in [1.807, 2.05) is 36.1 Å². The van der Waals surface area contributed by atoms with Crippen LogP contribution in [0, 0.1) is 18.3 Å². The highest BCUT2D eigenvalue weighted by Crippen LogP contribution is 2.43. The summed E-state index contributed by atoms with van der Waals surface area (Å²) < 4.78 is 60.5. The van der Waals surface area contributed by atoms with Gasteiger partial charge in [0.15, 0.2) is 11.5 Å². The summed E-state index contributed by atoms with van der Waals surface area (Å²) in [5.74, 6) is 0.619. The molecule has 0 radical (unpaired) electrons. The van der Waals surface area contributed by atoms with Crippen LogP contribution in [0.15, 0.2) is 46.1 Å². The maximum Gasteiger partial charge on any atom is 0.416 e. The molecular weight excluding hydrogens is 549 g/mol. The monoisotopic (exact) mass is 578 g/mol. The van der Waals surface area contributed by atoms with Crippen molar-refractivity contribution in [3.05, 3.63) is 69.8 Å². The number of rotatable bonds is 5. The number of piperidine rings is 1. The Balaban J connectivity index is 1.42.